The summed E-state index contributed by atoms with van der Waals surface area (Å²) in [7, 11) is 0. The van der Waals surface area contributed by atoms with Crippen molar-refractivity contribution in [3.05, 3.63) is 39.4 Å². The summed E-state index contributed by atoms with van der Waals surface area (Å²) in [5, 5.41) is 5.63. The van der Waals surface area contributed by atoms with Crippen molar-refractivity contribution in [1.82, 2.24) is 14.8 Å². The Morgan fingerprint density at radius 1 is 1.35 bits per heavy atom. The molecule has 1 aromatic carbocycles. The van der Waals surface area contributed by atoms with E-state index in [0.717, 1.165) is 23.0 Å². The Morgan fingerprint density at radius 2 is 2.05 bits per heavy atom. The van der Waals surface area contributed by atoms with Crippen LogP contribution in [-0.4, -0.2) is 14.8 Å². The molecule has 1 heterocycles. The first kappa shape index (κ1) is 13.6. The summed E-state index contributed by atoms with van der Waals surface area (Å²) >= 11 is 11.0. The van der Waals surface area contributed by atoms with E-state index in [1.165, 1.54) is 0 Å². The topological polar surface area (TPSA) is 33.6 Å². The Kier molecular flexibility index (Phi) is 3.13. The molecule has 0 spiro atoms. The lowest BCUT2D eigenvalue weighted by atomic mass is 10.1. The van der Waals surface area contributed by atoms with Crippen LogP contribution in [0, 0.1) is 4.77 Å². The van der Waals surface area contributed by atoms with Gasteiger partial charge in [-0.2, -0.15) is 13.2 Å². The molecule has 106 valence electrons. The number of hydrogen-bond acceptors (Lipinski definition) is 2. The fraction of sp³-hybridized carbons (Fsp3) is 0.333. The third-order valence-corrected chi connectivity index (χ3v) is 3.76. The van der Waals surface area contributed by atoms with E-state index in [-0.39, 0.29) is 15.5 Å². The maximum atomic E-state index is 12.9. The molecular formula is C12H9ClF3N3S. The molecule has 1 saturated carbocycles. The quantitative estimate of drug-likeness (QED) is 0.828. The van der Waals surface area contributed by atoms with Crippen LogP contribution >= 0.6 is 23.8 Å². The summed E-state index contributed by atoms with van der Waals surface area (Å²) in [4.78, 5) is 0. The second-order valence-corrected chi connectivity index (χ2v) is 5.46. The zero-order valence-electron chi connectivity index (χ0n) is 10.0. The van der Waals surface area contributed by atoms with Crippen molar-refractivity contribution < 1.29 is 13.2 Å². The van der Waals surface area contributed by atoms with Crippen LogP contribution < -0.4 is 0 Å². The summed E-state index contributed by atoms with van der Waals surface area (Å²) in [6, 6.07) is 5.04. The zero-order valence-corrected chi connectivity index (χ0v) is 11.6. The van der Waals surface area contributed by atoms with Gasteiger partial charge in [-0.3, -0.25) is 9.67 Å². The van der Waals surface area contributed by atoms with Gasteiger partial charge in [0.15, 0.2) is 4.77 Å². The van der Waals surface area contributed by atoms with E-state index >= 15 is 0 Å². The highest BCUT2D eigenvalue weighted by molar-refractivity contribution is 7.71. The minimum absolute atomic E-state index is 0.140. The van der Waals surface area contributed by atoms with Gasteiger partial charge < -0.3 is 0 Å². The molecule has 3 rings (SSSR count). The third-order valence-electron chi connectivity index (χ3n) is 3.19. The van der Waals surface area contributed by atoms with E-state index in [9.17, 15) is 13.2 Å². The normalized spacial score (nSPS) is 15.6. The predicted octanol–water partition coefficient (Wildman–Crippen LogP) is 4.48. The fourth-order valence-corrected chi connectivity index (χ4v) is 2.59. The number of alkyl halides is 3. The molecule has 0 radical (unpaired) electrons. The van der Waals surface area contributed by atoms with Crippen molar-refractivity contribution in [3.8, 4) is 5.69 Å². The highest BCUT2D eigenvalue weighted by atomic mass is 35.5. The van der Waals surface area contributed by atoms with E-state index in [0.29, 0.717) is 5.92 Å². The summed E-state index contributed by atoms with van der Waals surface area (Å²) < 4.78 is 39.4. The van der Waals surface area contributed by atoms with Crippen molar-refractivity contribution >= 4 is 23.8 Å². The van der Waals surface area contributed by atoms with Crippen LogP contribution in [0.25, 0.3) is 5.69 Å². The molecule has 0 bridgehead atoms. The van der Waals surface area contributed by atoms with Crippen molar-refractivity contribution in [2.75, 3.05) is 0 Å². The second-order valence-electron chi connectivity index (χ2n) is 4.67. The molecule has 1 fully saturated rings. The SMILES string of the molecule is FC(F)(F)c1n[nH]c(=S)n1-c1ccc(C2CC2)cc1Cl. The van der Waals surface area contributed by atoms with Gasteiger partial charge in [-0.05, 0) is 48.7 Å². The molecular weight excluding hydrogens is 311 g/mol. The number of rotatable bonds is 2. The van der Waals surface area contributed by atoms with E-state index in [1.807, 2.05) is 0 Å². The molecule has 20 heavy (non-hydrogen) atoms. The fourth-order valence-electron chi connectivity index (χ4n) is 2.09. The molecule has 0 atom stereocenters. The number of hydrogen-bond donors (Lipinski definition) is 1. The van der Waals surface area contributed by atoms with Crippen molar-refractivity contribution in [1.29, 1.82) is 0 Å². The summed E-state index contributed by atoms with van der Waals surface area (Å²) in [6.07, 6.45) is -2.42. The Hall–Kier alpha value is -1.34. The van der Waals surface area contributed by atoms with Crippen LogP contribution in [0.15, 0.2) is 18.2 Å². The molecule has 0 aliphatic heterocycles. The second kappa shape index (κ2) is 4.60. The zero-order chi connectivity index (χ0) is 14.5. The average Bonchev–Trinajstić information content (AvgIpc) is 3.12. The monoisotopic (exact) mass is 319 g/mol. The first-order valence-corrected chi connectivity index (χ1v) is 6.71. The molecule has 8 heteroatoms. The minimum Gasteiger partial charge on any atom is -0.263 e. The number of H-pyrrole nitrogens is 1. The van der Waals surface area contributed by atoms with Gasteiger partial charge in [-0.1, -0.05) is 17.7 Å². The lowest BCUT2D eigenvalue weighted by Gasteiger charge is -2.11. The largest absolute Gasteiger partial charge is 0.452 e. The summed E-state index contributed by atoms with van der Waals surface area (Å²) in [5.74, 6) is -0.635. The van der Waals surface area contributed by atoms with Crippen LogP contribution in [0.4, 0.5) is 13.2 Å². The predicted molar refractivity (Wildman–Crippen MR) is 70.7 cm³/mol. The van der Waals surface area contributed by atoms with E-state index in [1.54, 1.807) is 18.2 Å². The summed E-state index contributed by atoms with van der Waals surface area (Å²) in [6.45, 7) is 0. The van der Waals surface area contributed by atoms with Crippen LogP contribution in [-0.2, 0) is 6.18 Å². The van der Waals surface area contributed by atoms with E-state index in [2.05, 4.69) is 10.2 Å². The maximum absolute atomic E-state index is 12.9. The molecule has 0 unspecified atom stereocenters. The van der Waals surface area contributed by atoms with Gasteiger partial charge in [0, 0.05) is 0 Å². The molecule has 1 aliphatic carbocycles. The number of nitrogens with zero attached hydrogens (tertiary/aromatic N) is 2. The third kappa shape index (κ3) is 2.35. The summed E-state index contributed by atoms with van der Waals surface area (Å²) in [5.41, 5.74) is 1.23. The van der Waals surface area contributed by atoms with Gasteiger partial charge in [0.25, 0.3) is 0 Å². The Morgan fingerprint density at radius 3 is 2.60 bits per heavy atom. The van der Waals surface area contributed by atoms with Crippen molar-refractivity contribution in [2.24, 2.45) is 0 Å². The highest BCUT2D eigenvalue weighted by Crippen LogP contribution is 2.42. The Bertz CT molecular complexity index is 715. The van der Waals surface area contributed by atoms with Crippen molar-refractivity contribution in [3.63, 3.8) is 0 Å². The lowest BCUT2D eigenvalue weighted by Crippen LogP contribution is -2.14. The highest BCUT2D eigenvalue weighted by Gasteiger charge is 2.38. The van der Waals surface area contributed by atoms with Gasteiger partial charge in [0.2, 0.25) is 5.82 Å². The maximum Gasteiger partial charge on any atom is 0.452 e. The number of halogens is 4. The first-order valence-electron chi connectivity index (χ1n) is 5.92. The van der Waals surface area contributed by atoms with Crippen molar-refractivity contribution in [2.45, 2.75) is 24.9 Å². The number of aromatic amines is 1. The molecule has 1 aliphatic rings. The van der Waals surface area contributed by atoms with E-state index < -0.39 is 12.0 Å². The van der Waals surface area contributed by atoms with Gasteiger partial charge in [0.1, 0.15) is 0 Å². The number of nitrogens with one attached hydrogen (secondary N) is 1. The molecule has 2 aromatic rings. The van der Waals surface area contributed by atoms with Crippen LogP contribution in [0.2, 0.25) is 5.02 Å². The Labute approximate surface area is 122 Å². The molecule has 0 saturated heterocycles. The van der Waals surface area contributed by atoms with E-state index in [4.69, 9.17) is 23.8 Å². The van der Waals surface area contributed by atoms with Crippen LogP contribution in [0.3, 0.4) is 0 Å². The molecule has 0 amide bonds. The first-order chi connectivity index (χ1) is 9.38. The average molecular weight is 320 g/mol. The molecule has 1 aromatic heterocycles. The van der Waals surface area contributed by atoms with Crippen LogP contribution in [0.5, 0.6) is 0 Å². The number of benzene rings is 1. The Balaban J connectivity index is 2.14. The van der Waals surface area contributed by atoms with Gasteiger partial charge in [-0.15, -0.1) is 5.10 Å². The minimum atomic E-state index is -4.61. The van der Waals surface area contributed by atoms with Gasteiger partial charge in [-0.25, -0.2) is 0 Å². The standard InChI is InChI=1S/C12H9ClF3N3S/c13-8-5-7(6-1-2-6)3-4-9(8)19-10(12(14,15)16)17-18-11(19)20/h3-6H,1-2H2,(H,18,20). The number of aromatic nitrogens is 3. The van der Waals surface area contributed by atoms with Gasteiger partial charge in [0.05, 0.1) is 10.7 Å². The molecule has 3 nitrogen and oxygen atoms in total. The van der Waals surface area contributed by atoms with Gasteiger partial charge >= 0.3 is 6.18 Å². The van der Waals surface area contributed by atoms with Crippen LogP contribution in [0.1, 0.15) is 30.1 Å². The lowest BCUT2D eigenvalue weighted by molar-refractivity contribution is -0.146. The molecule has 1 N–H and O–H groups in total. The smallest absolute Gasteiger partial charge is 0.263 e.